The van der Waals surface area contributed by atoms with E-state index in [0.717, 1.165) is 12.0 Å². The average molecular weight is 411 g/mol. The lowest BCUT2D eigenvalue weighted by Gasteiger charge is -2.23. The van der Waals surface area contributed by atoms with Crippen LogP contribution in [0.1, 0.15) is 55.2 Å². The molecule has 6 heteroatoms. The van der Waals surface area contributed by atoms with Crippen LogP contribution in [0, 0.1) is 5.92 Å². The third-order valence-electron chi connectivity index (χ3n) is 4.71. The minimum Gasteiger partial charge on any atom is -0.482 e. The van der Waals surface area contributed by atoms with Crippen LogP contribution in [0.3, 0.4) is 0 Å². The van der Waals surface area contributed by atoms with Crippen LogP contribution in [0.25, 0.3) is 0 Å². The molecule has 0 spiro atoms. The molecule has 6 nitrogen and oxygen atoms in total. The summed E-state index contributed by atoms with van der Waals surface area (Å²) in [7, 11) is 0. The molecule has 2 aromatic rings. The van der Waals surface area contributed by atoms with Crippen LogP contribution >= 0.6 is 0 Å². The standard InChI is InChI=1S/C24H29NO5/c1-5-18-6-8-20(9-7-18)24(16(2)3)25-22(27)14-30-23(28)15-29-21-12-10-19(11-13-21)17(4)26/h6-13,16,24H,5,14-15H2,1-4H3,(H,25,27)/t24-/m0/s1. The number of carbonyl (C=O) groups excluding carboxylic acids is 3. The maximum atomic E-state index is 12.3. The van der Waals surface area contributed by atoms with Gasteiger partial charge in [0.25, 0.3) is 5.91 Å². The Morgan fingerprint density at radius 1 is 0.933 bits per heavy atom. The fraction of sp³-hybridized carbons (Fsp3) is 0.375. The van der Waals surface area contributed by atoms with Gasteiger partial charge in [0.15, 0.2) is 19.0 Å². The van der Waals surface area contributed by atoms with E-state index in [-0.39, 0.29) is 36.9 Å². The summed E-state index contributed by atoms with van der Waals surface area (Å²) in [5.74, 6) is -0.440. The van der Waals surface area contributed by atoms with Crippen molar-refractivity contribution in [1.82, 2.24) is 5.32 Å². The first-order valence-electron chi connectivity index (χ1n) is 10.1. The summed E-state index contributed by atoms with van der Waals surface area (Å²) < 4.78 is 10.3. The molecule has 30 heavy (non-hydrogen) atoms. The fourth-order valence-electron chi connectivity index (χ4n) is 2.93. The molecular weight excluding hydrogens is 382 g/mol. The molecule has 0 saturated heterocycles. The summed E-state index contributed by atoms with van der Waals surface area (Å²) in [6.07, 6.45) is 0.956. The van der Waals surface area contributed by atoms with Crippen molar-refractivity contribution in [2.45, 2.75) is 40.2 Å². The average Bonchev–Trinajstić information content (AvgIpc) is 2.74. The highest BCUT2D eigenvalue weighted by atomic mass is 16.6. The second-order valence-corrected chi connectivity index (χ2v) is 7.41. The molecule has 0 bridgehead atoms. The number of benzene rings is 2. The molecule has 0 radical (unpaired) electrons. The Morgan fingerprint density at radius 3 is 2.10 bits per heavy atom. The van der Waals surface area contributed by atoms with Gasteiger partial charge < -0.3 is 14.8 Å². The summed E-state index contributed by atoms with van der Waals surface area (Å²) in [6, 6.07) is 14.4. The van der Waals surface area contributed by atoms with Gasteiger partial charge in [-0.05, 0) is 54.7 Å². The smallest absolute Gasteiger partial charge is 0.344 e. The van der Waals surface area contributed by atoms with Gasteiger partial charge in [0.05, 0.1) is 6.04 Å². The lowest BCUT2D eigenvalue weighted by Crippen LogP contribution is -2.35. The molecular formula is C24H29NO5. The zero-order chi connectivity index (χ0) is 22.1. The lowest BCUT2D eigenvalue weighted by atomic mass is 9.95. The van der Waals surface area contributed by atoms with Crippen molar-refractivity contribution >= 4 is 17.7 Å². The van der Waals surface area contributed by atoms with Crippen LogP contribution in [0.5, 0.6) is 5.75 Å². The summed E-state index contributed by atoms with van der Waals surface area (Å²) in [5.41, 5.74) is 2.81. The summed E-state index contributed by atoms with van der Waals surface area (Å²) >= 11 is 0. The highest BCUT2D eigenvalue weighted by molar-refractivity contribution is 5.94. The fourth-order valence-corrected chi connectivity index (χ4v) is 2.93. The zero-order valence-corrected chi connectivity index (χ0v) is 17.9. The lowest BCUT2D eigenvalue weighted by molar-refractivity contribution is -0.150. The third-order valence-corrected chi connectivity index (χ3v) is 4.71. The van der Waals surface area contributed by atoms with E-state index in [2.05, 4.69) is 24.4 Å². The molecule has 0 fully saturated rings. The minimum absolute atomic E-state index is 0.0482. The second kappa shape index (κ2) is 11.1. The quantitative estimate of drug-likeness (QED) is 0.474. The van der Waals surface area contributed by atoms with Gasteiger partial charge in [0.1, 0.15) is 5.75 Å². The Morgan fingerprint density at radius 2 is 1.57 bits per heavy atom. The minimum atomic E-state index is -0.644. The molecule has 160 valence electrons. The number of esters is 1. The van der Waals surface area contributed by atoms with Gasteiger partial charge in [0, 0.05) is 5.56 Å². The number of Topliss-reactive ketones (excluding diaryl/α,β-unsaturated/α-hetero) is 1. The zero-order valence-electron chi connectivity index (χ0n) is 17.9. The molecule has 0 heterocycles. The van der Waals surface area contributed by atoms with E-state index in [1.165, 1.54) is 12.5 Å². The van der Waals surface area contributed by atoms with Crippen molar-refractivity contribution < 1.29 is 23.9 Å². The van der Waals surface area contributed by atoms with Crippen LogP contribution in [-0.4, -0.2) is 30.9 Å². The first kappa shape index (κ1) is 23.1. The van der Waals surface area contributed by atoms with E-state index in [0.29, 0.717) is 11.3 Å². The van der Waals surface area contributed by atoms with Crippen molar-refractivity contribution in [3.63, 3.8) is 0 Å². The van der Waals surface area contributed by atoms with E-state index in [9.17, 15) is 14.4 Å². The number of hydrogen-bond acceptors (Lipinski definition) is 5. The predicted octanol–water partition coefficient (Wildman–Crippen LogP) is 3.89. The number of ether oxygens (including phenoxy) is 2. The maximum absolute atomic E-state index is 12.3. The maximum Gasteiger partial charge on any atom is 0.344 e. The molecule has 1 amide bonds. The number of ketones is 1. The van der Waals surface area contributed by atoms with Gasteiger partial charge in [-0.1, -0.05) is 45.0 Å². The van der Waals surface area contributed by atoms with Gasteiger partial charge in [0.2, 0.25) is 0 Å². The summed E-state index contributed by atoms with van der Waals surface area (Å²) in [6.45, 7) is 6.92. The monoisotopic (exact) mass is 411 g/mol. The van der Waals surface area contributed by atoms with E-state index < -0.39 is 5.97 Å². The number of aryl methyl sites for hydroxylation is 1. The second-order valence-electron chi connectivity index (χ2n) is 7.41. The van der Waals surface area contributed by atoms with Crippen molar-refractivity contribution in [3.05, 3.63) is 65.2 Å². The van der Waals surface area contributed by atoms with Gasteiger partial charge in [-0.2, -0.15) is 0 Å². The number of rotatable bonds is 10. The molecule has 1 atom stereocenters. The Kier molecular flexibility index (Phi) is 8.59. The number of carbonyl (C=O) groups is 3. The molecule has 2 rings (SSSR count). The SMILES string of the molecule is CCc1ccc([C@@H](NC(=O)COC(=O)COc2ccc(C(C)=O)cc2)C(C)C)cc1. The van der Waals surface area contributed by atoms with Crippen LogP contribution in [0.15, 0.2) is 48.5 Å². The Hall–Kier alpha value is -3.15. The van der Waals surface area contributed by atoms with Crippen molar-refractivity contribution in [1.29, 1.82) is 0 Å². The third kappa shape index (κ3) is 7.03. The van der Waals surface area contributed by atoms with E-state index in [1.807, 2.05) is 26.0 Å². The Labute approximate surface area is 177 Å². The Bertz CT molecular complexity index is 856. The molecule has 0 aromatic heterocycles. The molecule has 0 aliphatic rings. The number of nitrogens with one attached hydrogen (secondary N) is 1. The molecule has 2 aromatic carbocycles. The van der Waals surface area contributed by atoms with Crippen molar-refractivity contribution in [2.24, 2.45) is 5.92 Å². The number of hydrogen-bond donors (Lipinski definition) is 1. The topological polar surface area (TPSA) is 81.7 Å². The molecule has 0 aliphatic carbocycles. The van der Waals surface area contributed by atoms with Crippen molar-refractivity contribution in [2.75, 3.05) is 13.2 Å². The van der Waals surface area contributed by atoms with Gasteiger partial charge in [-0.25, -0.2) is 4.79 Å². The predicted molar refractivity (Wildman–Crippen MR) is 114 cm³/mol. The van der Waals surface area contributed by atoms with E-state index in [4.69, 9.17) is 9.47 Å². The van der Waals surface area contributed by atoms with Crippen LogP contribution < -0.4 is 10.1 Å². The summed E-state index contributed by atoms with van der Waals surface area (Å²) in [5, 5.41) is 2.93. The van der Waals surface area contributed by atoms with Gasteiger partial charge >= 0.3 is 5.97 Å². The van der Waals surface area contributed by atoms with Crippen LogP contribution in [0.2, 0.25) is 0 Å². The van der Waals surface area contributed by atoms with E-state index >= 15 is 0 Å². The first-order chi connectivity index (χ1) is 14.3. The molecule has 0 saturated carbocycles. The van der Waals surface area contributed by atoms with E-state index in [1.54, 1.807) is 24.3 Å². The highest BCUT2D eigenvalue weighted by Gasteiger charge is 2.19. The molecule has 0 aliphatic heterocycles. The first-order valence-corrected chi connectivity index (χ1v) is 10.1. The largest absolute Gasteiger partial charge is 0.482 e. The molecule has 0 unspecified atom stereocenters. The van der Waals surface area contributed by atoms with Crippen LogP contribution in [0.4, 0.5) is 0 Å². The highest BCUT2D eigenvalue weighted by Crippen LogP contribution is 2.22. The summed E-state index contributed by atoms with van der Waals surface area (Å²) in [4.78, 5) is 35.4. The van der Waals surface area contributed by atoms with Crippen LogP contribution in [-0.2, 0) is 20.7 Å². The normalized spacial score (nSPS) is 11.6. The van der Waals surface area contributed by atoms with Gasteiger partial charge in [-0.15, -0.1) is 0 Å². The number of amides is 1. The Balaban J connectivity index is 1.81. The van der Waals surface area contributed by atoms with Gasteiger partial charge in [-0.3, -0.25) is 9.59 Å². The van der Waals surface area contributed by atoms with Crippen molar-refractivity contribution in [3.8, 4) is 5.75 Å². The molecule has 1 N–H and O–H groups in total.